The summed E-state index contributed by atoms with van der Waals surface area (Å²) in [5.41, 5.74) is 6.15. The summed E-state index contributed by atoms with van der Waals surface area (Å²) in [7, 11) is 0. The summed E-state index contributed by atoms with van der Waals surface area (Å²) >= 11 is 0. The monoisotopic (exact) mass is 196 g/mol. The molecule has 0 aliphatic heterocycles. The van der Waals surface area contributed by atoms with E-state index in [1.165, 1.54) is 0 Å². The topological polar surface area (TPSA) is 72.9 Å². The van der Waals surface area contributed by atoms with Crippen molar-refractivity contribution < 1.29 is 4.79 Å². The van der Waals surface area contributed by atoms with E-state index in [2.05, 4.69) is 10.4 Å². The maximum atomic E-state index is 11.1. The van der Waals surface area contributed by atoms with Gasteiger partial charge in [-0.25, -0.2) is 0 Å². The molecule has 0 aliphatic rings. The Balaban J connectivity index is 2.18. The molecule has 1 rings (SSSR count). The normalized spacial score (nSPS) is 10.1. The van der Waals surface area contributed by atoms with Crippen molar-refractivity contribution in [2.75, 3.05) is 12.3 Å². The number of nitrogen functional groups attached to an aromatic ring is 1. The summed E-state index contributed by atoms with van der Waals surface area (Å²) in [6, 6.07) is 0. The molecule has 0 radical (unpaired) electrons. The Morgan fingerprint density at radius 2 is 2.50 bits per heavy atom. The standard InChI is InChI=1S/C9H16N4O/c1-2-11-9(14)4-3-5-13-7-8(10)6-12-13/h6-7H,2-5,10H2,1H3,(H,11,14). The highest BCUT2D eigenvalue weighted by Gasteiger charge is 1.99. The summed E-state index contributed by atoms with van der Waals surface area (Å²) in [4.78, 5) is 11.1. The van der Waals surface area contributed by atoms with Crippen LogP contribution in [0.25, 0.3) is 0 Å². The van der Waals surface area contributed by atoms with Crippen molar-refractivity contribution in [3.05, 3.63) is 12.4 Å². The number of aromatic nitrogens is 2. The fourth-order valence-electron chi connectivity index (χ4n) is 1.19. The molecule has 0 unspecified atom stereocenters. The molecule has 1 amide bonds. The van der Waals surface area contributed by atoms with Crippen LogP contribution >= 0.6 is 0 Å². The Kier molecular flexibility index (Phi) is 3.97. The van der Waals surface area contributed by atoms with Gasteiger partial charge in [0.1, 0.15) is 0 Å². The van der Waals surface area contributed by atoms with Crippen molar-refractivity contribution in [1.82, 2.24) is 15.1 Å². The second-order valence-electron chi connectivity index (χ2n) is 3.09. The first-order valence-electron chi connectivity index (χ1n) is 4.77. The molecular formula is C9H16N4O. The van der Waals surface area contributed by atoms with Crippen molar-refractivity contribution in [2.24, 2.45) is 0 Å². The maximum Gasteiger partial charge on any atom is 0.220 e. The number of hydrogen-bond donors (Lipinski definition) is 2. The Bertz CT molecular complexity index is 295. The minimum absolute atomic E-state index is 0.0904. The SMILES string of the molecule is CCNC(=O)CCCn1cc(N)cn1. The van der Waals surface area contributed by atoms with E-state index in [4.69, 9.17) is 5.73 Å². The lowest BCUT2D eigenvalue weighted by molar-refractivity contribution is -0.121. The third kappa shape index (κ3) is 3.47. The number of carbonyl (C=O) groups is 1. The first-order valence-corrected chi connectivity index (χ1v) is 4.77. The van der Waals surface area contributed by atoms with E-state index >= 15 is 0 Å². The zero-order valence-corrected chi connectivity index (χ0v) is 8.36. The van der Waals surface area contributed by atoms with Gasteiger partial charge in [-0.2, -0.15) is 5.10 Å². The van der Waals surface area contributed by atoms with Crippen molar-refractivity contribution in [3.8, 4) is 0 Å². The first kappa shape index (κ1) is 10.6. The maximum absolute atomic E-state index is 11.1. The van der Waals surface area contributed by atoms with Gasteiger partial charge in [-0.1, -0.05) is 0 Å². The number of carbonyl (C=O) groups excluding carboxylic acids is 1. The molecule has 0 saturated heterocycles. The van der Waals surface area contributed by atoms with E-state index in [1.807, 2.05) is 6.92 Å². The van der Waals surface area contributed by atoms with Gasteiger partial charge in [0, 0.05) is 25.7 Å². The molecule has 0 aliphatic carbocycles. The van der Waals surface area contributed by atoms with Gasteiger partial charge in [-0.05, 0) is 13.3 Å². The van der Waals surface area contributed by atoms with Crippen LogP contribution in [0.3, 0.4) is 0 Å². The summed E-state index contributed by atoms with van der Waals surface area (Å²) in [6.45, 7) is 3.33. The summed E-state index contributed by atoms with van der Waals surface area (Å²) in [5.74, 6) is 0.0904. The van der Waals surface area contributed by atoms with E-state index in [1.54, 1.807) is 17.1 Å². The average Bonchev–Trinajstić information content (AvgIpc) is 2.52. The Morgan fingerprint density at radius 1 is 1.71 bits per heavy atom. The van der Waals surface area contributed by atoms with Crippen LogP contribution in [0.1, 0.15) is 19.8 Å². The number of anilines is 1. The van der Waals surface area contributed by atoms with Gasteiger partial charge in [0.05, 0.1) is 11.9 Å². The third-order valence-corrected chi connectivity index (χ3v) is 1.82. The Labute approximate surface area is 83.3 Å². The molecular weight excluding hydrogens is 180 g/mol. The Morgan fingerprint density at radius 3 is 3.07 bits per heavy atom. The van der Waals surface area contributed by atoms with Crippen LogP contribution in [0.4, 0.5) is 5.69 Å². The molecule has 78 valence electrons. The number of nitrogens with two attached hydrogens (primary N) is 1. The van der Waals surface area contributed by atoms with Crippen LogP contribution in [0.2, 0.25) is 0 Å². The van der Waals surface area contributed by atoms with Gasteiger partial charge in [-0.3, -0.25) is 9.48 Å². The summed E-state index contributed by atoms with van der Waals surface area (Å²) in [5, 5.41) is 6.76. The van der Waals surface area contributed by atoms with Crippen molar-refractivity contribution >= 4 is 11.6 Å². The molecule has 14 heavy (non-hydrogen) atoms. The van der Waals surface area contributed by atoms with Crippen LogP contribution in [0, 0.1) is 0 Å². The van der Waals surface area contributed by atoms with E-state index in [-0.39, 0.29) is 5.91 Å². The van der Waals surface area contributed by atoms with Gasteiger partial charge in [0.15, 0.2) is 0 Å². The minimum Gasteiger partial charge on any atom is -0.396 e. The molecule has 5 nitrogen and oxygen atoms in total. The van der Waals surface area contributed by atoms with E-state index in [9.17, 15) is 4.79 Å². The second kappa shape index (κ2) is 5.26. The molecule has 0 aromatic carbocycles. The molecule has 0 atom stereocenters. The molecule has 5 heteroatoms. The molecule has 1 aromatic heterocycles. The summed E-state index contributed by atoms with van der Waals surface area (Å²) in [6.07, 6.45) is 4.68. The Hall–Kier alpha value is -1.52. The second-order valence-corrected chi connectivity index (χ2v) is 3.09. The van der Waals surface area contributed by atoms with Gasteiger partial charge < -0.3 is 11.1 Å². The van der Waals surface area contributed by atoms with Gasteiger partial charge in [0.25, 0.3) is 0 Å². The fraction of sp³-hybridized carbons (Fsp3) is 0.556. The van der Waals surface area contributed by atoms with Crippen LogP contribution < -0.4 is 11.1 Å². The predicted octanol–water partition coefficient (Wildman–Crippen LogP) is 0.382. The van der Waals surface area contributed by atoms with Gasteiger partial charge >= 0.3 is 0 Å². The molecule has 1 aromatic rings. The minimum atomic E-state index is 0.0904. The van der Waals surface area contributed by atoms with Crippen LogP contribution in [0.5, 0.6) is 0 Å². The lowest BCUT2D eigenvalue weighted by atomic mass is 10.3. The van der Waals surface area contributed by atoms with E-state index < -0.39 is 0 Å². The lowest BCUT2D eigenvalue weighted by Crippen LogP contribution is -2.22. The van der Waals surface area contributed by atoms with Crippen LogP contribution in [-0.4, -0.2) is 22.2 Å². The summed E-state index contributed by atoms with van der Waals surface area (Å²) < 4.78 is 1.74. The van der Waals surface area contributed by atoms with E-state index in [0.29, 0.717) is 18.7 Å². The first-order chi connectivity index (χ1) is 6.72. The van der Waals surface area contributed by atoms with Gasteiger partial charge in [0.2, 0.25) is 5.91 Å². The zero-order chi connectivity index (χ0) is 10.4. The van der Waals surface area contributed by atoms with Crippen molar-refractivity contribution in [2.45, 2.75) is 26.3 Å². The van der Waals surface area contributed by atoms with Crippen molar-refractivity contribution in [1.29, 1.82) is 0 Å². The van der Waals surface area contributed by atoms with Crippen LogP contribution in [-0.2, 0) is 11.3 Å². The molecule has 0 bridgehead atoms. The van der Waals surface area contributed by atoms with E-state index in [0.717, 1.165) is 13.0 Å². The highest BCUT2D eigenvalue weighted by Crippen LogP contribution is 2.00. The quantitative estimate of drug-likeness (QED) is 0.715. The van der Waals surface area contributed by atoms with Crippen LogP contribution in [0.15, 0.2) is 12.4 Å². The van der Waals surface area contributed by atoms with Gasteiger partial charge in [-0.15, -0.1) is 0 Å². The average molecular weight is 196 g/mol. The fourth-order valence-corrected chi connectivity index (χ4v) is 1.19. The number of nitrogens with one attached hydrogen (secondary N) is 1. The smallest absolute Gasteiger partial charge is 0.220 e. The zero-order valence-electron chi connectivity index (χ0n) is 8.36. The highest BCUT2D eigenvalue weighted by atomic mass is 16.1. The molecule has 0 fully saturated rings. The molecule has 0 spiro atoms. The number of aryl methyl sites for hydroxylation is 1. The largest absolute Gasteiger partial charge is 0.396 e. The molecule has 3 N–H and O–H groups in total. The number of nitrogens with zero attached hydrogens (tertiary/aromatic N) is 2. The number of amides is 1. The molecule has 1 heterocycles. The predicted molar refractivity (Wildman–Crippen MR) is 54.6 cm³/mol. The number of hydrogen-bond acceptors (Lipinski definition) is 3. The lowest BCUT2D eigenvalue weighted by Gasteiger charge is -2.02. The third-order valence-electron chi connectivity index (χ3n) is 1.82. The molecule has 0 saturated carbocycles. The number of rotatable bonds is 5. The highest BCUT2D eigenvalue weighted by molar-refractivity contribution is 5.75. The van der Waals surface area contributed by atoms with Crippen molar-refractivity contribution in [3.63, 3.8) is 0 Å².